The summed E-state index contributed by atoms with van der Waals surface area (Å²) in [6, 6.07) is 3.24. The molecule has 0 fully saturated rings. The molecule has 84 valence electrons. The molecule has 1 aromatic carbocycles. The summed E-state index contributed by atoms with van der Waals surface area (Å²) in [5, 5.41) is 14.4. The molecule has 5 nitrogen and oxygen atoms in total. The molecular formula is C8H4F3N3O2. The number of alkyl halides is 3. The monoisotopic (exact) mass is 231 g/mol. The van der Waals surface area contributed by atoms with E-state index in [1.54, 1.807) is 0 Å². The molecule has 8 heteroatoms. The van der Waals surface area contributed by atoms with Gasteiger partial charge >= 0.3 is 6.36 Å². The molecule has 0 spiro atoms. The molecule has 1 aromatic heterocycles. The van der Waals surface area contributed by atoms with Crippen LogP contribution in [0.5, 0.6) is 5.75 Å². The molecule has 0 unspecified atom stereocenters. The van der Waals surface area contributed by atoms with Crippen molar-refractivity contribution in [2.24, 2.45) is 0 Å². The van der Waals surface area contributed by atoms with Crippen LogP contribution >= 0.6 is 0 Å². The van der Waals surface area contributed by atoms with Crippen LogP contribution in [0.2, 0.25) is 0 Å². The number of aromatic nitrogens is 3. The third-order valence-electron chi connectivity index (χ3n) is 1.74. The van der Waals surface area contributed by atoms with E-state index < -0.39 is 12.1 Å². The minimum Gasteiger partial charge on any atom is -0.594 e. The first-order chi connectivity index (χ1) is 7.46. The van der Waals surface area contributed by atoms with E-state index in [1.165, 1.54) is 6.07 Å². The largest absolute Gasteiger partial charge is 0.594 e. The highest BCUT2D eigenvalue weighted by Crippen LogP contribution is 2.24. The van der Waals surface area contributed by atoms with Gasteiger partial charge in [0.2, 0.25) is 0 Å². The standard InChI is InChI=1S/C8H4F3N3O2/c9-8(10,11)16-5-1-2-6-7(3-5)14(15)13-4-12-6/h1-4H. The van der Waals surface area contributed by atoms with Crippen molar-refractivity contribution in [1.29, 1.82) is 0 Å². The van der Waals surface area contributed by atoms with Gasteiger partial charge in [0.1, 0.15) is 11.3 Å². The van der Waals surface area contributed by atoms with Gasteiger partial charge in [-0.1, -0.05) is 0 Å². The maximum atomic E-state index is 11.9. The molecule has 1 heterocycles. The molecule has 2 aromatic rings. The third kappa shape index (κ3) is 2.10. The topological polar surface area (TPSA) is 62.0 Å². The minimum atomic E-state index is -4.79. The predicted octanol–water partition coefficient (Wildman–Crippen LogP) is 1.16. The number of hydrogen-bond donors (Lipinski definition) is 0. The molecule has 16 heavy (non-hydrogen) atoms. The fraction of sp³-hybridized carbons (Fsp3) is 0.125. The van der Waals surface area contributed by atoms with E-state index >= 15 is 0 Å². The van der Waals surface area contributed by atoms with Crippen LogP contribution in [0.15, 0.2) is 24.5 Å². The summed E-state index contributed by atoms with van der Waals surface area (Å²) in [5.74, 6) is -0.487. The Bertz CT molecular complexity index is 529. The summed E-state index contributed by atoms with van der Waals surface area (Å²) in [5.41, 5.74) is 0.142. The van der Waals surface area contributed by atoms with Crippen molar-refractivity contribution in [3.05, 3.63) is 29.7 Å². The smallest absolute Gasteiger partial charge is 0.573 e. The SMILES string of the molecule is [O-][n+]1ncnc2ccc(OC(F)(F)F)cc21. The van der Waals surface area contributed by atoms with Crippen molar-refractivity contribution in [3.63, 3.8) is 0 Å². The number of nitrogens with zero attached hydrogens (tertiary/aromatic N) is 3. The molecule has 0 bridgehead atoms. The van der Waals surface area contributed by atoms with Gasteiger partial charge in [-0.2, -0.15) is 0 Å². The number of ether oxygens (including phenoxy) is 1. The van der Waals surface area contributed by atoms with Crippen molar-refractivity contribution in [2.45, 2.75) is 6.36 Å². The second-order valence-electron chi connectivity index (χ2n) is 2.83. The highest BCUT2D eigenvalue weighted by molar-refractivity contribution is 5.72. The van der Waals surface area contributed by atoms with Crippen molar-refractivity contribution >= 4 is 11.0 Å². The Kier molecular flexibility index (Phi) is 2.26. The van der Waals surface area contributed by atoms with Gasteiger partial charge in [-0.15, -0.1) is 13.2 Å². The van der Waals surface area contributed by atoms with E-state index in [9.17, 15) is 18.4 Å². The molecule has 0 atom stereocenters. The second kappa shape index (κ2) is 3.47. The van der Waals surface area contributed by atoms with Gasteiger partial charge in [-0.3, -0.25) is 0 Å². The van der Waals surface area contributed by atoms with E-state index in [4.69, 9.17) is 0 Å². The Morgan fingerprint density at radius 2 is 2.06 bits per heavy atom. The van der Waals surface area contributed by atoms with E-state index in [2.05, 4.69) is 14.8 Å². The van der Waals surface area contributed by atoms with Crippen molar-refractivity contribution in [3.8, 4) is 5.75 Å². The van der Waals surface area contributed by atoms with Gasteiger partial charge in [0.15, 0.2) is 6.33 Å². The van der Waals surface area contributed by atoms with Gasteiger partial charge in [0.05, 0.1) is 6.07 Å². The zero-order valence-electron chi connectivity index (χ0n) is 7.60. The average molecular weight is 231 g/mol. The van der Waals surface area contributed by atoms with E-state index in [0.29, 0.717) is 0 Å². The van der Waals surface area contributed by atoms with E-state index in [-0.39, 0.29) is 15.9 Å². The summed E-state index contributed by atoms with van der Waals surface area (Å²) < 4.78 is 39.4. The Labute approximate surface area is 86.7 Å². The first-order valence-corrected chi connectivity index (χ1v) is 4.06. The van der Waals surface area contributed by atoms with Crippen LogP contribution in [-0.2, 0) is 0 Å². The van der Waals surface area contributed by atoms with Crippen LogP contribution in [-0.4, -0.2) is 16.4 Å². The van der Waals surface area contributed by atoms with Crippen LogP contribution in [0.25, 0.3) is 11.0 Å². The maximum Gasteiger partial charge on any atom is 0.573 e. The normalized spacial score (nSPS) is 11.7. The van der Waals surface area contributed by atoms with Crippen LogP contribution in [0.1, 0.15) is 0 Å². The van der Waals surface area contributed by atoms with Crippen LogP contribution in [0.4, 0.5) is 13.2 Å². The first-order valence-electron chi connectivity index (χ1n) is 4.06. The second-order valence-corrected chi connectivity index (χ2v) is 2.83. The van der Waals surface area contributed by atoms with Crippen LogP contribution < -0.4 is 9.58 Å². The van der Waals surface area contributed by atoms with Gasteiger partial charge in [0, 0.05) is 5.10 Å². The first kappa shape index (κ1) is 10.4. The Hall–Kier alpha value is -2.12. The molecule has 0 aliphatic carbocycles. The van der Waals surface area contributed by atoms with Gasteiger partial charge < -0.3 is 9.94 Å². The highest BCUT2D eigenvalue weighted by Gasteiger charge is 2.31. The number of benzene rings is 1. The quantitative estimate of drug-likeness (QED) is 0.545. The lowest BCUT2D eigenvalue weighted by Crippen LogP contribution is -2.31. The molecule has 0 radical (unpaired) electrons. The number of rotatable bonds is 1. The molecule has 0 saturated carbocycles. The summed E-state index contributed by atoms with van der Waals surface area (Å²) in [4.78, 5) is 3.88. The lowest BCUT2D eigenvalue weighted by Gasteiger charge is -2.08. The summed E-state index contributed by atoms with van der Waals surface area (Å²) >= 11 is 0. The summed E-state index contributed by atoms with van der Waals surface area (Å²) in [7, 11) is 0. The maximum absolute atomic E-state index is 11.9. The zero-order chi connectivity index (χ0) is 11.8. The van der Waals surface area contributed by atoms with Gasteiger partial charge in [-0.25, -0.2) is 4.98 Å². The van der Waals surface area contributed by atoms with E-state index in [1.807, 2.05) is 0 Å². The molecular weight excluding hydrogens is 227 g/mol. The Morgan fingerprint density at radius 3 is 2.75 bits per heavy atom. The van der Waals surface area contributed by atoms with Gasteiger partial charge in [-0.05, 0) is 17.0 Å². The zero-order valence-corrected chi connectivity index (χ0v) is 7.60. The summed E-state index contributed by atoms with van der Waals surface area (Å²) in [6.45, 7) is 0. The predicted molar refractivity (Wildman–Crippen MR) is 45.2 cm³/mol. The Morgan fingerprint density at radius 1 is 1.31 bits per heavy atom. The van der Waals surface area contributed by atoms with Crippen molar-refractivity contribution in [1.82, 2.24) is 10.1 Å². The third-order valence-corrected chi connectivity index (χ3v) is 1.74. The average Bonchev–Trinajstić information content (AvgIpc) is 2.17. The molecule has 2 rings (SSSR count). The van der Waals surface area contributed by atoms with Crippen LogP contribution in [0.3, 0.4) is 0 Å². The fourth-order valence-corrected chi connectivity index (χ4v) is 1.16. The van der Waals surface area contributed by atoms with Gasteiger partial charge in [0.25, 0.3) is 5.52 Å². The fourth-order valence-electron chi connectivity index (χ4n) is 1.16. The Balaban J connectivity index is 2.47. The van der Waals surface area contributed by atoms with Crippen molar-refractivity contribution in [2.75, 3.05) is 0 Å². The number of fused-ring (bicyclic) bond motifs is 1. The molecule has 0 amide bonds. The van der Waals surface area contributed by atoms with Crippen molar-refractivity contribution < 1.29 is 22.8 Å². The molecule has 0 N–H and O–H groups in total. The lowest BCUT2D eigenvalue weighted by molar-refractivity contribution is -0.643. The summed E-state index contributed by atoms with van der Waals surface area (Å²) in [6.07, 6.45) is -3.78. The number of hydrogen-bond acceptors (Lipinski definition) is 4. The highest BCUT2D eigenvalue weighted by atomic mass is 19.4. The molecule has 0 aliphatic heterocycles. The molecule has 0 saturated heterocycles. The lowest BCUT2D eigenvalue weighted by atomic mass is 10.3. The van der Waals surface area contributed by atoms with E-state index in [0.717, 1.165) is 18.5 Å². The van der Waals surface area contributed by atoms with Crippen LogP contribution in [0, 0.1) is 5.21 Å². The molecule has 0 aliphatic rings. The number of halogens is 3. The minimum absolute atomic E-state index is 0.0933.